The Morgan fingerprint density at radius 2 is 1.47 bits per heavy atom. The van der Waals surface area contributed by atoms with E-state index in [1.165, 1.54) is 5.56 Å². The normalized spacial score (nSPS) is 10.7. The highest BCUT2D eigenvalue weighted by Crippen LogP contribution is 2.26. The Morgan fingerprint density at radius 1 is 0.711 bits per heavy atom. The molecule has 8 nitrogen and oxygen atoms in total. The number of benzene rings is 3. The number of aryl methyl sites for hydroxylation is 2. The molecule has 4 rings (SSSR count). The Kier molecular flexibility index (Phi) is 9.28. The van der Waals surface area contributed by atoms with Crippen LogP contribution in [0.1, 0.15) is 24.1 Å². The van der Waals surface area contributed by atoms with E-state index < -0.39 is 0 Å². The lowest BCUT2D eigenvalue weighted by Crippen LogP contribution is -2.21. The van der Waals surface area contributed by atoms with Crippen LogP contribution in [0.25, 0.3) is 22.6 Å². The topological polar surface area (TPSA) is 136 Å². The van der Waals surface area contributed by atoms with Gasteiger partial charge in [-0.2, -0.15) is 0 Å². The Labute approximate surface area is 222 Å². The summed E-state index contributed by atoms with van der Waals surface area (Å²) in [4.78, 5) is 33.4. The smallest absolute Gasteiger partial charge is 0.238 e. The summed E-state index contributed by atoms with van der Waals surface area (Å²) in [5.74, 6) is 0.191. The molecule has 0 unspecified atom stereocenters. The summed E-state index contributed by atoms with van der Waals surface area (Å²) in [5, 5.41) is 5.63. The molecule has 194 valence electrons. The molecule has 0 aliphatic rings. The zero-order valence-electron chi connectivity index (χ0n) is 21.2. The maximum Gasteiger partial charge on any atom is 0.238 e. The van der Waals surface area contributed by atoms with E-state index in [2.05, 4.69) is 34.9 Å². The molecule has 6 N–H and O–H groups in total. The summed E-state index contributed by atoms with van der Waals surface area (Å²) in [6.45, 7) is 0.215. The van der Waals surface area contributed by atoms with E-state index in [-0.39, 0.29) is 31.3 Å². The van der Waals surface area contributed by atoms with Crippen LogP contribution in [0.2, 0.25) is 0 Å². The molecule has 0 aliphatic carbocycles. The van der Waals surface area contributed by atoms with Crippen LogP contribution >= 0.6 is 0 Å². The summed E-state index contributed by atoms with van der Waals surface area (Å²) < 4.78 is 0. The maximum absolute atomic E-state index is 12.0. The molecule has 1 aromatic heterocycles. The van der Waals surface area contributed by atoms with Crippen LogP contribution in [-0.2, 0) is 22.4 Å². The van der Waals surface area contributed by atoms with Crippen molar-refractivity contribution in [3.8, 4) is 22.6 Å². The summed E-state index contributed by atoms with van der Waals surface area (Å²) >= 11 is 0. The largest absolute Gasteiger partial charge is 0.330 e. The zero-order chi connectivity index (χ0) is 26.7. The number of amides is 2. The number of carbonyl (C=O) groups is 2. The van der Waals surface area contributed by atoms with Gasteiger partial charge in [-0.25, -0.2) is 9.97 Å². The highest BCUT2D eigenvalue weighted by atomic mass is 16.2. The number of nitrogens with two attached hydrogens (primary N) is 2. The van der Waals surface area contributed by atoms with Crippen molar-refractivity contribution in [2.24, 2.45) is 11.5 Å². The second-order valence-electron chi connectivity index (χ2n) is 8.90. The van der Waals surface area contributed by atoms with Crippen molar-refractivity contribution in [3.63, 3.8) is 0 Å². The molecule has 38 heavy (non-hydrogen) atoms. The molecule has 4 aromatic rings. The van der Waals surface area contributed by atoms with Gasteiger partial charge in [0.15, 0.2) is 5.82 Å². The van der Waals surface area contributed by atoms with E-state index >= 15 is 0 Å². The number of nitrogens with zero attached hydrogens (tertiary/aromatic N) is 2. The minimum absolute atomic E-state index is 0.0743. The van der Waals surface area contributed by atoms with Gasteiger partial charge in [0.05, 0.1) is 12.2 Å². The monoisotopic (exact) mass is 508 g/mol. The molecular weight excluding hydrogens is 476 g/mol. The lowest BCUT2D eigenvalue weighted by molar-refractivity contribution is -0.116. The number of rotatable bonds is 11. The standard InChI is InChI=1S/C30H32N6O2/c31-17-16-28(37)34-25-11-5-9-23(18-25)30-35-26(10-4-8-21-6-2-1-3-7-21)19-27(36-30)22-12-14-24(15-13-22)33-29(38)20-32/h1-3,5-7,9,11-15,18-19H,4,8,10,16-17,20,31-32H2,(H,33,38)(H,34,37). The molecule has 0 spiro atoms. The molecule has 0 bridgehead atoms. The lowest BCUT2D eigenvalue weighted by atomic mass is 10.0. The van der Waals surface area contributed by atoms with Crippen LogP contribution in [0.15, 0.2) is 84.9 Å². The molecule has 0 atom stereocenters. The number of aromatic nitrogens is 2. The average molecular weight is 509 g/mol. The van der Waals surface area contributed by atoms with Gasteiger partial charge in [0.1, 0.15) is 0 Å². The first-order valence-electron chi connectivity index (χ1n) is 12.7. The van der Waals surface area contributed by atoms with Crippen LogP contribution in [0.3, 0.4) is 0 Å². The third-order valence-corrected chi connectivity index (χ3v) is 5.95. The highest BCUT2D eigenvalue weighted by molar-refractivity contribution is 5.92. The van der Waals surface area contributed by atoms with Crippen molar-refractivity contribution in [2.45, 2.75) is 25.7 Å². The second kappa shape index (κ2) is 13.2. The van der Waals surface area contributed by atoms with E-state index in [1.54, 1.807) is 0 Å². The third-order valence-electron chi connectivity index (χ3n) is 5.95. The van der Waals surface area contributed by atoms with Crippen LogP contribution in [0.5, 0.6) is 0 Å². The van der Waals surface area contributed by atoms with Crippen molar-refractivity contribution in [2.75, 3.05) is 23.7 Å². The molecule has 0 aliphatic heterocycles. The summed E-state index contributed by atoms with van der Waals surface area (Å²) in [6, 6.07) is 27.4. The third kappa shape index (κ3) is 7.55. The fourth-order valence-corrected chi connectivity index (χ4v) is 4.05. The van der Waals surface area contributed by atoms with Crippen LogP contribution in [-0.4, -0.2) is 34.9 Å². The van der Waals surface area contributed by atoms with Gasteiger partial charge in [-0.15, -0.1) is 0 Å². The predicted molar refractivity (Wildman–Crippen MR) is 151 cm³/mol. The molecule has 1 heterocycles. The van der Waals surface area contributed by atoms with E-state index in [0.29, 0.717) is 17.2 Å². The first-order valence-corrected chi connectivity index (χ1v) is 12.7. The van der Waals surface area contributed by atoms with E-state index in [0.717, 1.165) is 41.8 Å². The van der Waals surface area contributed by atoms with E-state index in [4.69, 9.17) is 21.4 Å². The Morgan fingerprint density at radius 3 is 2.21 bits per heavy atom. The predicted octanol–water partition coefficient (Wildman–Crippen LogP) is 4.17. The van der Waals surface area contributed by atoms with E-state index in [9.17, 15) is 9.59 Å². The SMILES string of the molecule is NCCC(=O)Nc1cccc(-c2nc(CCCc3ccccc3)cc(-c3ccc(NC(=O)CN)cc3)n2)c1. The van der Waals surface area contributed by atoms with Gasteiger partial charge in [0.25, 0.3) is 0 Å². The summed E-state index contributed by atoms with van der Waals surface area (Å²) in [5.41, 5.74) is 16.9. The fourth-order valence-electron chi connectivity index (χ4n) is 4.05. The molecule has 0 saturated carbocycles. The lowest BCUT2D eigenvalue weighted by Gasteiger charge is -2.11. The summed E-state index contributed by atoms with van der Waals surface area (Å²) in [7, 11) is 0. The highest BCUT2D eigenvalue weighted by Gasteiger charge is 2.11. The fraction of sp³-hybridized carbons (Fsp3) is 0.200. The quantitative estimate of drug-likeness (QED) is 0.240. The van der Waals surface area contributed by atoms with Crippen LogP contribution in [0.4, 0.5) is 11.4 Å². The summed E-state index contributed by atoms with van der Waals surface area (Å²) in [6.07, 6.45) is 2.94. The molecule has 3 aromatic carbocycles. The van der Waals surface area contributed by atoms with Gasteiger partial charge in [-0.3, -0.25) is 9.59 Å². The van der Waals surface area contributed by atoms with Gasteiger partial charge < -0.3 is 22.1 Å². The van der Waals surface area contributed by atoms with E-state index in [1.807, 2.05) is 60.7 Å². The van der Waals surface area contributed by atoms with Gasteiger partial charge in [0, 0.05) is 41.2 Å². The van der Waals surface area contributed by atoms with Gasteiger partial charge in [0.2, 0.25) is 11.8 Å². The van der Waals surface area contributed by atoms with Crippen molar-refractivity contribution < 1.29 is 9.59 Å². The minimum Gasteiger partial charge on any atom is -0.330 e. The Balaban J connectivity index is 1.62. The second-order valence-corrected chi connectivity index (χ2v) is 8.90. The average Bonchev–Trinajstić information content (AvgIpc) is 2.94. The molecule has 8 heteroatoms. The van der Waals surface area contributed by atoms with Crippen molar-refractivity contribution in [1.29, 1.82) is 0 Å². The number of nitrogens with one attached hydrogen (secondary N) is 2. The number of carbonyl (C=O) groups excluding carboxylic acids is 2. The van der Waals surface area contributed by atoms with Gasteiger partial charge >= 0.3 is 0 Å². The number of hydrogen-bond donors (Lipinski definition) is 4. The van der Waals surface area contributed by atoms with Crippen molar-refractivity contribution in [1.82, 2.24) is 9.97 Å². The first-order chi connectivity index (χ1) is 18.5. The van der Waals surface area contributed by atoms with Crippen LogP contribution < -0.4 is 22.1 Å². The molecule has 0 radical (unpaired) electrons. The molecule has 0 saturated heterocycles. The van der Waals surface area contributed by atoms with Gasteiger partial charge in [-0.05, 0) is 55.2 Å². The zero-order valence-corrected chi connectivity index (χ0v) is 21.2. The van der Waals surface area contributed by atoms with Gasteiger partial charge in [-0.1, -0.05) is 54.6 Å². The van der Waals surface area contributed by atoms with Crippen molar-refractivity contribution in [3.05, 3.63) is 96.2 Å². The molecular formula is C30H32N6O2. The molecule has 2 amide bonds. The Hall–Kier alpha value is -4.40. The first kappa shape index (κ1) is 26.7. The maximum atomic E-state index is 12.0. The number of hydrogen-bond acceptors (Lipinski definition) is 6. The minimum atomic E-state index is -0.249. The molecule has 0 fully saturated rings. The number of anilines is 2. The van der Waals surface area contributed by atoms with Crippen molar-refractivity contribution >= 4 is 23.2 Å². The van der Waals surface area contributed by atoms with Crippen LogP contribution in [0, 0.1) is 0 Å². The Bertz CT molecular complexity index is 1370.